The first kappa shape index (κ1) is 21.8. The molecular weight excluding hydrogens is 408 g/mol. The number of hydrogen-bond acceptors (Lipinski definition) is 4. The van der Waals surface area contributed by atoms with Crippen molar-refractivity contribution in [1.29, 1.82) is 0 Å². The number of aliphatic hydroxyl groups is 1. The molecule has 5 heteroatoms. The fourth-order valence-electron chi connectivity index (χ4n) is 4.16. The fourth-order valence-corrected chi connectivity index (χ4v) is 4.29. The monoisotopic (exact) mass is 436 g/mol. The molecule has 1 fully saturated rings. The van der Waals surface area contributed by atoms with Gasteiger partial charge in [0.25, 0.3) is 0 Å². The van der Waals surface area contributed by atoms with E-state index in [9.17, 15) is 5.11 Å². The molecule has 0 amide bonds. The van der Waals surface area contributed by atoms with Crippen molar-refractivity contribution >= 4 is 11.6 Å². The molecule has 0 aromatic heterocycles. The van der Waals surface area contributed by atoms with Gasteiger partial charge >= 0.3 is 0 Å². The normalized spacial score (nSPS) is 16.4. The van der Waals surface area contributed by atoms with Crippen LogP contribution >= 0.6 is 11.6 Å². The Balaban J connectivity index is 1.32. The van der Waals surface area contributed by atoms with Gasteiger partial charge in [-0.3, -0.25) is 9.80 Å². The molecule has 1 N–H and O–H groups in total. The summed E-state index contributed by atoms with van der Waals surface area (Å²) in [5.41, 5.74) is 2.64. The molecule has 0 unspecified atom stereocenters. The molecule has 1 aliphatic heterocycles. The molecule has 1 heterocycles. The lowest BCUT2D eigenvalue weighted by Gasteiger charge is -2.40. The van der Waals surface area contributed by atoms with Crippen LogP contribution in [0.5, 0.6) is 5.75 Å². The van der Waals surface area contributed by atoms with Crippen LogP contribution in [-0.2, 0) is 0 Å². The maximum atomic E-state index is 10.4. The van der Waals surface area contributed by atoms with Crippen molar-refractivity contribution in [3.63, 3.8) is 0 Å². The Morgan fingerprint density at radius 3 is 1.87 bits per heavy atom. The Hall–Kier alpha value is -2.37. The fraction of sp³-hybridized carbons (Fsp3) is 0.308. The van der Waals surface area contributed by atoms with Gasteiger partial charge < -0.3 is 9.84 Å². The van der Waals surface area contributed by atoms with Crippen molar-refractivity contribution in [3.05, 3.63) is 101 Å². The van der Waals surface area contributed by atoms with Crippen LogP contribution < -0.4 is 4.74 Å². The first-order valence-corrected chi connectivity index (χ1v) is 11.2. The van der Waals surface area contributed by atoms with E-state index < -0.39 is 6.10 Å². The molecule has 31 heavy (non-hydrogen) atoms. The van der Waals surface area contributed by atoms with Crippen LogP contribution in [0.15, 0.2) is 84.9 Å². The van der Waals surface area contributed by atoms with Crippen molar-refractivity contribution in [2.75, 3.05) is 39.3 Å². The zero-order chi connectivity index (χ0) is 21.5. The molecule has 1 atom stereocenters. The molecule has 162 valence electrons. The summed E-state index contributed by atoms with van der Waals surface area (Å²) >= 11 is 5.90. The highest BCUT2D eigenvalue weighted by Crippen LogP contribution is 2.29. The lowest BCUT2D eigenvalue weighted by atomic mass is 9.96. The number of nitrogens with zero attached hydrogens (tertiary/aromatic N) is 2. The third-order valence-electron chi connectivity index (χ3n) is 5.73. The number of hydrogen-bond donors (Lipinski definition) is 1. The third-order valence-corrected chi connectivity index (χ3v) is 5.98. The minimum Gasteiger partial charge on any atom is -0.491 e. The second kappa shape index (κ2) is 10.8. The van der Waals surface area contributed by atoms with E-state index in [1.807, 2.05) is 12.1 Å². The van der Waals surface area contributed by atoms with Gasteiger partial charge in [0.1, 0.15) is 18.5 Å². The number of rotatable bonds is 8. The second-order valence-corrected chi connectivity index (χ2v) is 8.42. The first-order chi connectivity index (χ1) is 15.2. The Labute approximate surface area is 189 Å². The average molecular weight is 437 g/mol. The van der Waals surface area contributed by atoms with Crippen LogP contribution in [0, 0.1) is 0 Å². The van der Waals surface area contributed by atoms with Crippen molar-refractivity contribution in [1.82, 2.24) is 9.80 Å². The van der Waals surface area contributed by atoms with Crippen LogP contribution in [0.25, 0.3) is 0 Å². The number of ether oxygens (including phenoxy) is 1. The Kier molecular flexibility index (Phi) is 7.60. The Morgan fingerprint density at radius 2 is 1.32 bits per heavy atom. The molecule has 0 spiro atoms. The molecule has 1 aliphatic rings. The molecule has 4 nitrogen and oxygen atoms in total. The van der Waals surface area contributed by atoms with E-state index in [4.69, 9.17) is 16.3 Å². The number of aliphatic hydroxyl groups excluding tert-OH is 1. The molecule has 0 radical (unpaired) electrons. The predicted molar refractivity (Wildman–Crippen MR) is 126 cm³/mol. The minimum atomic E-state index is -0.527. The van der Waals surface area contributed by atoms with E-state index in [0.29, 0.717) is 11.6 Å². The lowest BCUT2D eigenvalue weighted by Crippen LogP contribution is -2.50. The van der Waals surface area contributed by atoms with Gasteiger partial charge in [0.15, 0.2) is 0 Å². The van der Waals surface area contributed by atoms with Gasteiger partial charge in [0, 0.05) is 37.7 Å². The molecule has 0 saturated carbocycles. The van der Waals surface area contributed by atoms with Crippen molar-refractivity contribution in [3.8, 4) is 5.75 Å². The zero-order valence-corrected chi connectivity index (χ0v) is 18.4. The smallest absolute Gasteiger partial charge is 0.119 e. The zero-order valence-electron chi connectivity index (χ0n) is 17.6. The van der Waals surface area contributed by atoms with Gasteiger partial charge in [-0.2, -0.15) is 0 Å². The molecule has 3 aromatic carbocycles. The van der Waals surface area contributed by atoms with E-state index in [0.717, 1.165) is 31.9 Å². The summed E-state index contributed by atoms with van der Waals surface area (Å²) in [5.74, 6) is 0.724. The van der Waals surface area contributed by atoms with E-state index >= 15 is 0 Å². The highest BCUT2D eigenvalue weighted by molar-refractivity contribution is 6.30. The first-order valence-electron chi connectivity index (χ1n) is 10.8. The van der Waals surface area contributed by atoms with Crippen LogP contribution in [0.3, 0.4) is 0 Å². The Morgan fingerprint density at radius 1 is 0.774 bits per heavy atom. The second-order valence-electron chi connectivity index (χ2n) is 7.98. The quantitative estimate of drug-likeness (QED) is 0.564. The van der Waals surface area contributed by atoms with Crippen LogP contribution in [0.4, 0.5) is 0 Å². The van der Waals surface area contributed by atoms with Gasteiger partial charge in [-0.25, -0.2) is 0 Å². The van der Waals surface area contributed by atoms with Gasteiger partial charge in [-0.1, -0.05) is 72.3 Å². The van der Waals surface area contributed by atoms with Crippen molar-refractivity contribution in [2.45, 2.75) is 12.1 Å². The predicted octanol–water partition coefficient (Wildman–Crippen LogP) is 4.49. The largest absolute Gasteiger partial charge is 0.491 e. The lowest BCUT2D eigenvalue weighted by molar-refractivity contribution is 0.0401. The van der Waals surface area contributed by atoms with Gasteiger partial charge in [-0.15, -0.1) is 0 Å². The van der Waals surface area contributed by atoms with Crippen LogP contribution in [0.1, 0.15) is 17.2 Å². The number of β-amino-alcohol motifs (C(OH)–C–C–N with tert-alkyl or cyclic N) is 1. The topological polar surface area (TPSA) is 35.9 Å². The van der Waals surface area contributed by atoms with E-state index in [1.165, 1.54) is 11.1 Å². The Bertz CT molecular complexity index is 874. The van der Waals surface area contributed by atoms with Crippen molar-refractivity contribution < 1.29 is 9.84 Å². The SMILES string of the molecule is O[C@@H](COc1ccc(Cl)cc1)CN1CCN(C(c2ccccc2)c2ccccc2)CC1. The van der Waals surface area contributed by atoms with Crippen LogP contribution in [-0.4, -0.2) is 60.3 Å². The minimum absolute atomic E-state index is 0.253. The van der Waals surface area contributed by atoms with Crippen molar-refractivity contribution in [2.24, 2.45) is 0 Å². The average Bonchev–Trinajstić information content (AvgIpc) is 2.81. The maximum absolute atomic E-state index is 10.4. The van der Waals surface area contributed by atoms with E-state index in [-0.39, 0.29) is 12.6 Å². The summed E-state index contributed by atoms with van der Waals surface area (Å²) in [7, 11) is 0. The molecule has 0 bridgehead atoms. The highest BCUT2D eigenvalue weighted by atomic mass is 35.5. The number of halogens is 1. The summed E-state index contributed by atoms with van der Waals surface area (Å²) in [4.78, 5) is 4.86. The summed E-state index contributed by atoms with van der Waals surface area (Å²) in [6, 6.07) is 28.9. The summed E-state index contributed by atoms with van der Waals surface area (Å²) in [6.45, 7) is 4.65. The molecule has 0 aliphatic carbocycles. The summed E-state index contributed by atoms with van der Waals surface area (Å²) in [5, 5.41) is 11.1. The molecule has 4 rings (SSSR count). The van der Waals surface area contributed by atoms with E-state index in [2.05, 4.69) is 70.5 Å². The number of piperazine rings is 1. The standard InChI is InChI=1S/C26H29ClN2O2/c27-23-11-13-25(14-12-23)31-20-24(30)19-28-15-17-29(18-16-28)26(21-7-3-1-4-8-21)22-9-5-2-6-10-22/h1-14,24,26,30H,15-20H2/t24-/m1/s1. The molecule has 1 saturated heterocycles. The van der Waals surface area contributed by atoms with Gasteiger partial charge in [-0.05, 0) is 35.4 Å². The summed E-state index contributed by atoms with van der Waals surface area (Å²) < 4.78 is 5.69. The maximum Gasteiger partial charge on any atom is 0.119 e. The van der Waals surface area contributed by atoms with Gasteiger partial charge in [0.05, 0.1) is 6.04 Å². The molecule has 3 aromatic rings. The molecular formula is C26H29ClN2O2. The van der Waals surface area contributed by atoms with E-state index in [1.54, 1.807) is 12.1 Å². The summed E-state index contributed by atoms with van der Waals surface area (Å²) in [6.07, 6.45) is -0.527. The van der Waals surface area contributed by atoms with Crippen LogP contribution in [0.2, 0.25) is 5.02 Å². The third kappa shape index (κ3) is 6.08. The highest BCUT2D eigenvalue weighted by Gasteiger charge is 2.27. The van der Waals surface area contributed by atoms with Gasteiger partial charge in [0.2, 0.25) is 0 Å². The number of benzene rings is 3.